The molecule has 7 nitrogen and oxygen atoms in total. The Hall–Kier alpha value is -2.38. The van der Waals surface area contributed by atoms with Gasteiger partial charge in [0.15, 0.2) is 11.3 Å². The highest BCUT2D eigenvalue weighted by Crippen LogP contribution is 2.38. The molecule has 0 saturated carbocycles. The fourth-order valence-corrected chi connectivity index (χ4v) is 5.25. The molecule has 2 saturated heterocycles. The average Bonchev–Trinajstić information content (AvgIpc) is 3.34. The van der Waals surface area contributed by atoms with Crippen LogP contribution >= 0.6 is 11.6 Å². The van der Waals surface area contributed by atoms with Gasteiger partial charge in [0.25, 0.3) is 0 Å². The van der Waals surface area contributed by atoms with Gasteiger partial charge in [0, 0.05) is 30.7 Å². The lowest BCUT2D eigenvalue weighted by atomic mass is 9.96. The standard InChI is InChI=1S/C21H25ClN6O/c1-13-9-14(22)10-15(29)17(13)19-25-18-20(27(19)3)23-11-16(24-18)28-8-6-21(12-28)5-4-7-26(21)2/h9-11,29H,4-8,12H2,1-3H3. The fraction of sp³-hybridized carbons (Fsp3) is 0.476. The third kappa shape index (κ3) is 2.87. The van der Waals surface area contributed by atoms with Crippen molar-refractivity contribution in [2.24, 2.45) is 7.05 Å². The zero-order valence-electron chi connectivity index (χ0n) is 17.0. The molecule has 0 bridgehead atoms. The number of halogens is 1. The van der Waals surface area contributed by atoms with Crippen LogP contribution in [0.1, 0.15) is 24.8 Å². The number of nitrogens with zero attached hydrogens (tertiary/aromatic N) is 6. The van der Waals surface area contributed by atoms with Crippen molar-refractivity contribution in [1.82, 2.24) is 24.4 Å². The molecular formula is C21H25ClN6O. The molecule has 29 heavy (non-hydrogen) atoms. The predicted molar refractivity (Wildman–Crippen MR) is 115 cm³/mol. The Bertz CT molecular complexity index is 1090. The van der Waals surface area contributed by atoms with Crippen molar-refractivity contribution < 1.29 is 5.11 Å². The molecule has 4 heterocycles. The van der Waals surface area contributed by atoms with Crippen molar-refractivity contribution in [1.29, 1.82) is 0 Å². The van der Waals surface area contributed by atoms with Crippen LogP contribution in [0.15, 0.2) is 18.3 Å². The Morgan fingerprint density at radius 2 is 1.97 bits per heavy atom. The van der Waals surface area contributed by atoms with E-state index in [1.807, 2.05) is 30.8 Å². The minimum absolute atomic E-state index is 0.111. The number of likely N-dealkylation sites (N-methyl/N-ethyl adjacent to an activating group) is 1. The molecule has 0 radical (unpaired) electrons. The van der Waals surface area contributed by atoms with Crippen molar-refractivity contribution in [3.05, 3.63) is 28.9 Å². The first-order valence-electron chi connectivity index (χ1n) is 10.0. The first-order chi connectivity index (χ1) is 13.9. The van der Waals surface area contributed by atoms with Gasteiger partial charge in [0.1, 0.15) is 17.4 Å². The van der Waals surface area contributed by atoms with Gasteiger partial charge in [0.2, 0.25) is 0 Å². The van der Waals surface area contributed by atoms with Gasteiger partial charge in [0.05, 0.1) is 11.8 Å². The summed E-state index contributed by atoms with van der Waals surface area (Å²) in [6.07, 6.45) is 5.52. The smallest absolute Gasteiger partial charge is 0.200 e. The second kappa shape index (κ2) is 6.57. The number of anilines is 1. The number of rotatable bonds is 2. The van der Waals surface area contributed by atoms with E-state index in [0.717, 1.165) is 30.9 Å². The highest BCUT2D eigenvalue weighted by molar-refractivity contribution is 6.31. The van der Waals surface area contributed by atoms with Crippen molar-refractivity contribution >= 4 is 28.7 Å². The number of phenols is 1. The van der Waals surface area contributed by atoms with E-state index in [-0.39, 0.29) is 11.3 Å². The number of likely N-dealkylation sites (tertiary alicyclic amines) is 1. The van der Waals surface area contributed by atoms with E-state index in [1.165, 1.54) is 25.5 Å². The summed E-state index contributed by atoms with van der Waals surface area (Å²) in [5.74, 6) is 1.62. The Morgan fingerprint density at radius 3 is 2.69 bits per heavy atom. The minimum Gasteiger partial charge on any atom is -0.507 e. The van der Waals surface area contributed by atoms with E-state index in [1.54, 1.807) is 0 Å². The summed E-state index contributed by atoms with van der Waals surface area (Å²) in [7, 11) is 4.13. The van der Waals surface area contributed by atoms with Gasteiger partial charge in [-0.15, -0.1) is 0 Å². The predicted octanol–water partition coefficient (Wildman–Crippen LogP) is 3.37. The van der Waals surface area contributed by atoms with Crippen molar-refractivity contribution in [3.8, 4) is 17.1 Å². The maximum atomic E-state index is 10.5. The number of imidazole rings is 1. The number of benzene rings is 1. The largest absolute Gasteiger partial charge is 0.507 e. The van der Waals surface area contributed by atoms with Crippen LogP contribution in [0.5, 0.6) is 5.75 Å². The lowest BCUT2D eigenvalue weighted by molar-refractivity contribution is 0.198. The molecule has 1 atom stereocenters. The molecule has 1 spiro atoms. The second-order valence-corrected chi connectivity index (χ2v) is 8.84. The van der Waals surface area contributed by atoms with E-state index in [4.69, 9.17) is 21.6 Å². The van der Waals surface area contributed by atoms with Gasteiger partial charge in [-0.1, -0.05) is 11.6 Å². The monoisotopic (exact) mass is 412 g/mol. The maximum Gasteiger partial charge on any atom is 0.200 e. The van der Waals surface area contributed by atoms with E-state index in [2.05, 4.69) is 21.8 Å². The minimum atomic E-state index is 0.111. The number of phenolic OH excluding ortho intramolecular Hbond substituents is 1. The quantitative estimate of drug-likeness (QED) is 0.695. The third-order valence-corrected chi connectivity index (χ3v) is 6.89. The number of aromatic hydroxyl groups is 1. The summed E-state index contributed by atoms with van der Waals surface area (Å²) >= 11 is 6.06. The van der Waals surface area contributed by atoms with Gasteiger partial charge in [-0.25, -0.2) is 15.0 Å². The normalized spacial score (nSPS) is 22.4. The van der Waals surface area contributed by atoms with E-state index >= 15 is 0 Å². The summed E-state index contributed by atoms with van der Waals surface area (Å²) in [5, 5.41) is 11.0. The summed E-state index contributed by atoms with van der Waals surface area (Å²) in [6, 6.07) is 3.36. The molecule has 1 unspecified atom stereocenters. The molecule has 2 aliphatic rings. The number of aromatic nitrogens is 4. The lowest BCUT2D eigenvalue weighted by Gasteiger charge is -2.32. The molecule has 1 N–H and O–H groups in total. The van der Waals surface area contributed by atoms with Gasteiger partial charge in [-0.05, 0) is 57.5 Å². The third-order valence-electron chi connectivity index (χ3n) is 6.67. The van der Waals surface area contributed by atoms with Gasteiger partial charge < -0.3 is 14.6 Å². The van der Waals surface area contributed by atoms with E-state index in [0.29, 0.717) is 27.7 Å². The Labute approximate surface area is 175 Å². The van der Waals surface area contributed by atoms with Crippen LogP contribution in [0.4, 0.5) is 5.82 Å². The zero-order valence-corrected chi connectivity index (χ0v) is 17.7. The lowest BCUT2D eigenvalue weighted by Crippen LogP contribution is -2.43. The van der Waals surface area contributed by atoms with Crippen molar-refractivity contribution in [2.45, 2.75) is 31.7 Å². The molecular weight excluding hydrogens is 388 g/mol. The Morgan fingerprint density at radius 1 is 1.14 bits per heavy atom. The molecule has 2 aromatic heterocycles. The molecule has 5 rings (SSSR count). The highest BCUT2D eigenvalue weighted by atomic mass is 35.5. The topological polar surface area (TPSA) is 70.3 Å². The molecule has 2 aliphatic heterocycles. The molecule has 0 aliphatic carbocycles. The van der Waals surface area contributed by atoms with E-state index in [9.17, 15) is 5.11 Å². The van der Waals surface area contributed by atoms with Crippen LogP contribution < -0.4 is 4.90 Å². The fourth-order valence-electron chi connectivity index (χ4n) is 4.98. The van der Waals surface area contributed by atoms with Crippen molar-refractivity contribution in [2.75, 3.05) is 31.6 Å². The van der Waals surface area contributed by atoms with Crippen LogP contribution in [0.2, 0.25) is 5.02 Å². The first kappa shape index (κ1) is 18.6. The SMILES string of the molecule is Cc1cc(Cl)cc(O)c1-c1nc2nc(N3CCC4(CCCN4C)C3)cnc2n1C. The zero-order chi connectivity index (χ0) is 20.3. The summed E-state index contributed by atoms with van der Waals surface area (Å²) in [6.45, 7) is 5.06. The van der Waals surface area contributed by atoms with Crippen molar-refractivity contribution in [3.63, 3.8) is 0 Å². The molecule has 3 aromatic rings. The summed E-state index contributed by atoms with van der Waals surface area (Å²) in [4.78, 5) is 19.0. The van der Waals surface area contributed by atoms with Gasteiger partial charge in [-0.2, -0.15) is 0 Å². The average molecular weight is 413 g/mol. The second-order valence-electron chi connectivity index (χ2n) is 8.41. The Balaban J connectivity index is 1.53. The summed E-state index contributed by atoms with van der Waals surface area (Å²) in [5.41, 5.74) is 3.09. The molecule has 1 aromatic carbocycles. The Kier molecular flexibility index (Phi) is 4.22. The van der Waals surface area contributed by atoms with Gasteiger partial charge in [-0.3, -0.25) is 4.90 Å². The highest BCUT2D eigenvalue weighted by Gasteiger charge is 2.44. The first-order valence-corrected chi connectivity index (χ1v) is 10.4. The number of fused-ring (bicyclic) bond motifs is 1. The van der Waals surface area contributed by atoms with Gasteiger partial charge >= 0.3 is 0 Å². The number of hydrogen-bond acceptors (Lipinski definition) is 6. The molecule has 152 valence electrons. The van der Waals surface area contributed by atoms with Crippen LogP contribution in [-0.4, -0.2) is 61.7 Å². The summed E-state index contributed by atoms with van der Waals surface area (Å²) < 4.78 is 1.87. The van der Waals surface area contributed by atoms with Crippen LogP contribution in [0.3, 0.4) is 0 Å². The van der Waals surface area contributed by atoms with Crippen LogP contribution in [-0.2, 0) is 7.05 Å². The van der Waals surface area contributed by atoms with E-state index < -0.39 is 0 Å². The maximum absolute atomic E-state index is 10.5. The molecule has 8 heteroatoms. The van der Waals surface area contributed by atoms with Crippen LogP contribution in [0, 0.1) is 6.92 Å². The molecule has 0 amide bonds. The number of aryl methyl sites for hydroxylation is 2. The number of hydrogen-bond donors (Lipinski definition) is 1. The molecule has 2 fully saturated rings. The van der Waals surface area contributed by atoms with Crippen LogP contribution in [0.25, 0.3) is 22.7 Å².